The first kappa shape index (κ1) is 12.4. The number of nitrogens with one attached hydrogen (secondary N) is 1. The molecule has 0 aromatic carbocycles. The van der Waals surface area contributed by atoms with Gasteiger partial charge in [0.05, 0.1) is 11.6 Å². The maximum Gasteiger partial charge on any atom is 0.255 e. The van der Waals surface area contributed by atoms with Crippen molar-refractivity contribution in [1.82, 2.24) is 14.9 Å². The van der Waals surface area contributed by atoms with Crippen LogP contribution < -0.4 is 0 Å². The van der Waals surface area contributed by atoms with Gasteiger partial charge in [-0.25, -0.2) is 0 Å². The number of aryl methyl sites for hydroxylation is 1. The molecule has 2 aromatic rings. The van der Waals surface area contributed by atoms with Crippen LogP contribution in [0.15, 0.2) is 36.8 Å². The minimum absolute atomic E-state index is 0.0230. The van der Waals surface area contributed by atoms with Crippen molar-refractivity contribution in [2.75, 3.05) is 7.05 Å². The zero-order valence-corrected chi connectivity index (χ0v) is 10.8. The van der Waals surface area contributed by atoms with Crippen LogP contribution in [0, 0.1) is 6.92 Å². The largest absolute Gasteiger partial charge is 0.365 e. The summed E-state index contributed by atoms with van der Waals surface area (Å²) in [6.07, 6.45) is 5.27. The van der Waals surface area contributed by atoms with Gasteiger partial charge in [-0.1, -0.05) is 0 Å². The van der Waals surface area contributed by atoms with E-state index in [1.807, 2.05) is 39.1 Å². The molecule has 0 aliphatic carbocycles. The Balaban J connectivity index is 2.20. The monoisotopic (exact) mass is 243 g/mol. The Morgan fingerprint density at radius 1 is 1.33 bits per heavy atom. The Bertz CT molecular complexity index is 533. The molecule has 0 fully saturated rings. The molecule has 0 saturated carbocycles. The first-order valence-corrected chi connectivity index (χ1v) is 5.92. The molecule has 1 unspecified atom stereocenters. The molecule has 1 atom stereocenters. The highest BCUT2D eigenvalue weighted by atomic mass is 16.2. The molecule has 2 aromatic heterocycles. The summed E-state index contributed by atoms with van der Waals surface area (Å²) in [5, 5.41) is 0. The van der Waals surface area contributed by atoms with Crippen molar-refractivity contribution in [3.05, 3.63) is 53.6 Å². The Morgan fingerprint density at radius 3 is 2.56 bits per heavy atom. The molecule has 4 heteroatoms. The van der Waals surface area contributed by atoms with Crippen LogP contribution in [0.4, 0.5) is 0 Å². The smallest absolute Gasteiger partial charge is 0.255 e. The predicted molar refractivity (Wildman–Crippen MR) is 70.3 cm³/mol. The average molecular weight is 243 g/mol. The van der Waals surface area contributed by atoms with Crippen molar-refractivity contribution < 1.29 is 4.79 Å². The van der Waals surface area contributed by atoms with Crippen molar-refractivity contribution >= 4 is 5.91 Å². The second-order valence-electron chi connectivity index (χ2n) is 4.39. The van der Waals surface area contributed by atoms with Crippen LogP contribution in [-0.4, -0.2) is 27.8 Å². The molecule has 4 nitrogen and oxygen atoms in total. The fraction of sp³-hybridized carbons (Fsp3) is 0.286. The third-order valence-corrected chi connectivity index (χ3v) is 3.27. The van der Waals surface area contributed by atoms with Crippen LogP contribution in [0.25, 0.3) is 0 Å². The summed E-state index contributed by atoms with van der Waals surface area (Å²) >= 11 is 0. The van der Waals surface area contributed by atoms with E-state index in [-0.39, 0.29) is 11.9 Å². The van der Waals surface area contributed by atoms with E-state index in [1.54, 1.807) is 23.5 Å². The van der Waals surface area contributed by atoms with Crippen LogP contribution in [0.1, 0.15) is 34.6 Å². The zero-order chi connectivity index (χ0) is 13.1. The lowest BCUT2D eigenvalue weighted by molar-refractivity contribution is 0.0742. The number of nitrogens with zero attached hydrogens (tertiary/aromatic N) is 2. The molecular formula is C14H17N3O. The molecule has 0 saturated heterocycles. The average Bonchev–Trinajstić information content (AvgIpc) is 2.83. The minimum Gasteiger partial charge on any atom is -0.365 e. The lowest BCUT2D eigenvalue weighted by Crippen LogP contribution is -2.29. The predicted octanol–water partition coefficient (Wildman–Crippen LogP) is 2.55. The lowest BCUT2D eigenvalue weighted by Gasteiger charge is -2.25. The summed E-state index contributed by atoms with van der Waals surface area (Å²) in [4.78, 5) is 21.1. The SMILES string of the molecule is Cc1[nH]ccc1C(=O)N(C)C(C)c1ccncc1. The van der Waals surface area contributed by atoms with Crippen LogP contribution in [0.5, 0.6) is 0 Å². The summed E-state index contributed by atoms with van der Waals surface area (Å²) in [6, 6.07) is 5.69. The van der Waals surface area contributed by atoms with E-state index >= 15 is 0 Å². The van der Waals surface area contributed by atoms with Crippen molar-refractivity contribution in [1.29, 1.82) is 0 Å². The fourth-order valence-corrected chi connectivity index (χ4v) is 1.92. The molecule has 94 valence electrons. The number of aromatic nitrogens is 2. The van der Waals surface area contributed by atoms with Crippen molar-refractivity contribution in [2.24, 2.45) is 0 Å². The molecule has 0 bridgehead atoms. The summed E-state index contributed by atoms with van der Waals surface area (Å²) in [6.45, 7) is 3.91. The van der Waals surface area contributed by atoms with Crippen molar-refractivity contribution in [3.63, 3.8) is 0 Å². The molecular weight excluding hydrogens is 226 g/mol. The molecule has 2 heterocycles. The van der Waals surface area contributed by atoms with Gasteiger partial charge in [0.15, 0.2) is 0 Å². The van der Waals surface area contributed by atoms with Crippen molar-refractivity contribution in [2.45, 2.75) is 19.9 Å². The lowest BCUT2D eigenvalue weighted by atomic mass is 10.1. The molecule has 1 amide bonds. The zero-order valence-electron chi connectivity index (χ0n) is 10.8. The van der Waals surface area contributed by atoms with E-state index < -0.39 is 0 Å². The number of aromatic amines is 1. The Labute approximate surface area is 107 Å². The highest BCUT2D eigenvalue weighted by molar-refractivity contribution is 5.95. The third kappa shape index (κ3) is 2.27. The van der Waals surface area contributed by atoms with E-state index in [2.05, 4.69) is 9.97 Å². The first-order valence-electron chi connectivity index (χ1n) is 5.92. The highest BCUT2D eigenvalue weighted by Crippen LogP contribution is 2.20. The molecule has 0 aliphatic heterocycles. The van der Waals surface area contributed by atoms with E-state index in [0.717, 1.165) is 16.8 Å². The van der Waals surface area contributed by atoms with Gasteiger partial charge >= 0.3 is 0 Å². The van der Waals surface area contributed by atoms with Crippen molar-refractivity contribution in [3.8, 4) is 0 Å². The van der Waals surface area contributed by atoms with Gasteiger partial charge in [-0.15, -0.1) is 0 Å². The number of carbonyl (C=O) groups excluding carboxylic acids is 1. The number of rotatable bonds is 3. The summed E-state index contributed by atoms with van der Waals surface area (Å²) in [7, 11) is 1.82. The van der Waals surface area contributed by atoms with E-state index in [9.17, 15) is 4.79 Å². The number of carbonyl (C=O) groups is 1. The van der Waals surface area contributed by atoms with Gasteiger partial charge < -0.3 is 9.88 Å². The number of H-pyrrole nitrogens is 1. The number of pyridine rings is 1. The Morgan fingerprint density at radius 2 is 2.00 bits per heavy atom. The maximum absolute atomic E-state index is 12.3. The van der Waals surface area contributed by atoms with Crippen LogP contribution >= 0.6 is 0 Å². The molecule has 2 rings (SSSR count). The molecule has 0 radical (unpaired) electrons. The molecule has 0 spiro atoms. The summed E-state index contributed by atoms with van der Waals surface area (Å²) in [5.41, 5.74) is 2.70. The first-order chi connectivity index (χ1) is 8.61. The van der Waals surface area contributed by atoms with E-state index in [0.29, 0.717) is 0 Å². The Kier molecular flexibility index (Phi) is 3.46. The number of amides is 1. The van der Waals surface area contributed by atoms with Gasteiger partial charge in [0, 0.05) is 31.3 Å². The second kappa shape index (κ2) is 5.04. The van der Waals surface area contributed by atoms with Gasteiger partial charge in [-0.05, 0) is 37.6 Å². The number of hydrogen-bond acceptors (Lipinski definition) is 2. The van der Waals surface area contributed by atoms with Gasteiger partial charge in [-0.3, -0.25) is 9.78 Å². The fourth-order valence-electron chi connectivity index (χ4n) is 1.92. The number of hydrogen-bond donors (Lipinski definition) is 1. The van der Waals surface area contributed by atoms with Crippen LogP contribution in [0.3, 0.4) is 0 Å². The quantitative estimate of drug-likeness (QED) is 0.900. The van der Waals surface area contributed by atoms with E-state index in [1.165, 1.54) is 0 Å². The van der Waals surface area contributed by atoms with Crippen LogP contribution in [-0.2, 0) is 0 Å². The van der Waals surface area contributed by atoms with Crippen LogP contribution in [0.2, 0.25) is 0 Å². The third-order valence-electron chi connectivity index (χ3n) is 3.27. The van der Waals surface area contributed by atoms with Gasteiger partial charge in [0.25, 0.3) is 5.91 Å². The topological polar surface area (TPSA) is 49.0 Å². The highest BCUT2D eigenvalue weighted by Gasteiger charge is 2.20. The van der Waals surface area contributed by atoms with Gasteiger partial charge in [-0.2, -0.15) is 0 Å². The molecule has 18 heavy (non-hydrogen) atoms. The standard InChI is InChI=1S/C14H17N3O/c1-10-13(6-9-16-10)14(18)17(3)11(2)12-4-7-15-8-5-12/h4-9,11,16H,1-3H3. The van der Waals surface area contributed by atoms with Gasteiger partial charge in [0.1, 0.15) is 0 Å². The normalized spacial score (nSPS) is 12.2. The van der Waals surface area contributed by atoms with Gasteiger partial charge in [0.2, 0.25) is 0 Å². The Hall–Kier alpha value is -2.10. The second-order valence-corrected chi connectivity index (χ2v) is 4.39. The van der Waals surface area contributed by atoms with E-state index in [4.69, 9.17) is 0 Å². The summed E-state index contributed by atoms with van der Waals surface area (Å²) in [5.74, 6) is 0.0260. The maximum atomic E-state index is 12.3. The molecule has 0 aliphatic rings. The minimum atomic E-state index is 0.0230. The summed E-state index contributed by atoms with van der Waals surface area (Å²) < 4.78 is 0. The molecule has 1 N–H and O–H groups in total.